The minimum atomic E-state index is -4.06. The molecule has 1 atom stereocenters. The van der Waals surface area contributed by atoms with Crippen molar-refractivity contribution in [1.29, 1.82) is 0 Å². The summed E-state index contributed by atoms with van der Waals surface area (Å²) in [4.78, 5) is 28.7. The monoisotopic (exact) mass is 535 g/mol. The van der Waals surface area contributed by atoms with E-state index in [1.165, 1.54) is 17.0 Å². The summed E-state index contributed by atoms with van der Waals surface area (Å²) in [6, 6.07) is 22.1. The van der Waals surface area contributed by atoms with Gasteiger partial charge in [0.05, 0.1) is 10.6 Å². The second-order valence-corrected chi connectivity index (χ2v) is 11.2. The number of sulfonamides is 1. The number of nitrogens with one attached hydrogen (secondary N) is 1. The molecule has 0 saturated carbocycles. The Morgan fingerprint density at radius 3 is 2.16 bits per heavy atom. The highest BCUT2D eigenvalue weighted by Gasteiger charge is 2.33. The van der Waals surface area contributed by atoms with Crippen LogP contribution in [0.25, 0.3) is 0 Å². The number of carbonyl (C=O) groups is 2. The van der Waals surface area contributed by atoms with E-state index in [2.05, 4.69) is 5.32 Å². The number of nitrogens with zero attached hydrogens (tertiary/aromatic N) is 2. The molecular weight excluding hydrogens is 498 g/mol. The van der Waals surface area contributed by atoms with Gasteiger partial charge in [0.25, 0.3) is 10.0 Å². The fourth-order valence-electron chi connectivity index (χ4n) is 4.21. The normalized spacial score (nSPS) is 12.0. The van der Waals surface area contributed by atoms with Crippen LogP contribution in [-0.4, -0.2) is 44.3 Å². The van der Waals surface area contributed by atoms with Crippen LogP contribution in [0.2, 0.25) is 0 Å². The van der Waals surface area contributed by atoms with Crippen molar-refractivity contribution < 1.29 is 18.0 Å². The number of carbonyl (C=O) groups excluding carboxylic acids is 2. The molecular formula is C30H37N3O4S. The summed E-state index contributed by atoms with van der Waals surface area (Å²) in [6.45, 7) is 7.91. The Balaban J connectivity index is 2.03. The van der Waals surface area contributed by atoms with E-state index >= 15 is 0 Å². The van der Waals surface area contributed by atoms with E-state index in [-0.39, 0.29) is 17.3 Å². The largest absolute Gasteiger partial charge is 0.354 e. The van der Waals surface area contributed by atoms with Crippen LogP contribution in [0.3, 0.4) is 0 Å². The highest BCUT2D eigenvalue weighted by atomic mass is 32.2. The van der Waals surface area contributed by atoms with Crippen LogP contribution >= 0.6 is 0 Å². The summed E-state index contributed by atoms with van der Waals surface area (Å²) in [5.41, 5.74) is 3.20. The Labute approximate surface area is 226 Å². The van der Waals surface area contributed by atoms with Crippen molar-refractivity contribution in [3.63, 3.8) is 0 Å². The molecule has 0 aliphatic carbocycles. The van der Waals surface area contributed by atoms with Crippen LogP contribution in [0.5, 0.6) is 0 Å². The first-order chi connectivity index (χ1) is 18.2. The molecule has 202 valence electrons. The molecule has 0 saturated heterocycles. The lowest BCUT2D eigenvalue weighted by Gasteiger charge is -2.33. The summed E-state index contributed by atoms with van der Waals surface area (Å²) in [5.74, 6) is -0.701. The molecule has 38 heavy (non-hydrogen) atoms. The van der Waals surface area contributed by atoms with Gasteiger partial charge < -0.3 is 10.2 Å². The van der Waals surface area contributed by atoms with Crippen LogP contribution in [-0.2, 0) is 26.2 Å². The van der Waals surface area contributed by atoms with Crippen molar-refractivity contribution in [2.24, 2.45) is 0 Å². The van der Waals surface area contributed by atoms with Gasteiger partial charge in [0.2, 0.25) is 11.8 Å². The fourth-order valence-corrected chi connectivity index (χ4v) is 5.63. The van der Waals surface area contributed by atoms with Crippen LogP contribution in [0.4, 0.5) is 5.69 Å². The zero-order valence-electron chi connectivity index (χ0n) is 22.6. The zero-order valence-corrected chi connectivity index (χ0v) is 23.4. The quantitative estimate of drug-likeness (QED) is 0.360. The number of hydrogen-bond acceptors (Lipinski definition) is 4. The van der Waals surface area contributed by atoms with Crippen LogP contribution < -0.4 is 9.62 Å². The molecule has 2 amide bonds. The molecule has 0 spiro atoms. The molecule has 3 rings (SSSR count). The molecule has 7 nitrogen and oxygen atoms in total. The van der Waals surface area contributed by atoms with Gasteiger partial charge in [-0.25, -0.2) is 8.42 Å². The van der Waals surface area contributed by atoms with Gasteiger partial charge in [-0.3, -0.25) is 13.9 Å². The zero-order chi connectivity index (χ0) is 27.7. The van der Waals surface area contributed by atoms with E-state index < -0.39 is 28.5 Å². The van der Waals surface area contributed by atoms with Gasteiger partial charge >= 0.3 is 0 Å². The predicted molar refractivity (Wildman–Crippen MR) is 151 cm³/mol. The second kappa shape index (κ2) is 13.2. The molecule has 3 aromatic rings. The first-order valence-electron chi connectivity index (χ1n) is 12.9. The van der Waals surface area contributed by atoms with E-state index in [0.717, 1.165) is 27.4 Å². The smallest absolute Gasteiger partial charge is 0.264 e. The number of benzene rings is 3. The minimum absolute atomic E-state index is 0.0899. The number of hydrogen-bond donors (Lipinski definition) is 1. The standard InChI is InChI=1S/C30H37N3O4S/c1-5-19-31-30(35)28(6-2)32(21-25-17-15-23(3)16-18-25)29(34)22-33(26-12-10-11-24(4)20-26)38(36,37)27-13-8-7-9-14-27/h7-18,20,28H,5-6,19,21-22H2,1-4H3,(H,31,35). The van der Waals surface area contributed by atoms with Gasteiger partial charge in [-0.15, -0.1) is 0 Å². The summed E-state index contributed by atoms with van der Waals surface area (Å²) >= 11 is 0. The number of rotatable bonds is 12. The molecule has 8 heteroatoms. The summed E-state index contributed by atoms with van der Waals surface area (Å²) in [6.07, 6.45) is 1.16. The molecule has 1 N–H and O–H groups in total. The summed E-state index contributed by atoms with van der Waals surface area (Å²) in [5, 5.41) is 2.90. The molecule has 0 aromatic heterocycles. The Morgan fingerprint density at radius 2 is 1.55 bits per heavy atom. The van der Waals surface area contributed by atoms with E-state index in [0.29, 0.717) is 18.7 Å². The molecule has 0 radical (unpaired) electrons. The molecule has 0 fully saturated rings. The Bertz CT molecular complexity index is 1330. The van der Waals surface area contributed by atoms with Crippen molar-refractivity contribution in [3.8, 4) is 0 Å². The SMILES string of the molecule is CCCNC(=O)C(CC)N(Cc1ccc(C)cc1)C(=O)CN(c1cccc(C)c1)S(=O)(=O)c1ccccc1. The third-order valence-electron chi connectivity index (χ3n) is 6.31. The van der Waals surface area contributed by atoms with Crippen molar-refractivity contribution in [2.75, 3.05) is 17.4 Å². The first kappa shape index (κ1) is 28.9. The Hall–Kier alpha value is -3.65. The maximum absolute atomic E-state index is 14.0. The van der Waals surface area contributed by atoms with Crippen LogP contribution in [0.15, 0.2) is 83.8 Å². The number of amides is 2. The van der Waals surface area contributed by atoms with Gasteiger partial charge in [-0.1, -0.05) is 74.0 Å². The molecule has 0 bridgehead atoms. The molecule has 0 aliphatic heterocycles. The maximum atomic E-state index is 14.0. The van der Waals surface area contributed by atoms with Gasteiger partial charge in [-0.2, -0.15) is 0 Å². The average molecular weight is 536 g/mol. The van der Waals surface area contributed by atoms with Crippen LogP contribution in [0.1, 0.15) is 43.4 Å². The van der Waals surface area contributed by atoms with Crippen molar-refractivity contribution >= 4 is 27.5 Å². The van der Waals surface area contributed by atoms with Crippen molar-refractivity contribution in [3.05, 3.63) is 95.6 Å². The molecule has 3 aromatic carbocycles. The van der Waals surface area contributed by atoms with Gasteiger partial charge in [0.15, 0.2) is 0 Å². The third kappa shape index (κ3) is 7.22. The third-order valence-corrected chi connectivity index (χ3v) is 8.10. The van der Waals surface area contributed by atoms with E-state index in [1.807, 2.05) is 58.0 Å². The summed E-state index contributed by atoms with van der Waals surface area (Å²) < 4.78 is 28.7. The van der Waals surface area contributed by atoms with E-state index in [9.17, 15) is 18.0 Å². The Kier molecular flexibility index (Phi) is 10.1. The van der Waals surface area contributed by atoms with Gasteiger partial charge in [-0.05, 0) is 62.1 Å². The Morgan fingerprint density at radius 1 is 0.868 bits per heavy atom. The first-order valence-corrected chi connectivity index (χ1v) is 14.4. The average Bonchev–Trinajstić information content (AvgIpc) is 2.91. The van der Waals surface area contributed by atoms with Gasteiger partial charge in [0, 0.05) is 13.1 Å². The summed E-state index contributed by atoms with van der Waals surface area (Å²) in [7, 11) is -4.06. The molecule has 1 unspecified atom stereocenters. The highest BCUT2D eigenvalue weighted by Crippen LogP contribution is 2.25. The number of anilines is 1. The van der Waals surface area contributed by atoms with E-state index in [1.54, 1.807) is 36.4 Å². The highest BCUT2D eigenvalue weighted by molar-refractivity contribution is 7.92. The number of aryl methyl sites for hydroxylation is 2. The van der Waals surface area contributed by atoms with E-state index in [4.69, 9.17) is 0 Å². The lowest BCUT2D eigenvalue weighted by atomic mass is 10.1. The topological polar surface area (TPSA) is 86.8 Å². The lowest BCUT2D eigenvalue weighted by molar-refractivity contribution is -0.140. The molecule has 0 aliphatic rings. The fraction of sp³-hybridized carbons (Fsp3) is 0.333. The lowest BCUT2D eigenvalue weighted by Crippen LogP contribution is -2.52. The predicted octanol–water partition coefficient (Wildman–Crippen LogP) is 4.83. The second-order valence-electron chi connectivity index (χ2n) is 9.39. The van der Waals surface area contributed by atoms with Gasteiger partial charge in [0.1, 0.15) is 12.6 Å². The minimum Gasteiger partial charge on any atom is -0.354 e. The van der Waals surface area contributed by atoms with Crippen molar-refractivity contribution in [2.45, 2.75) is 58.0 Å². The van der Waals surface area contributed by atoms with Crippen molar-refractivity contribution in [1.82, 2.24) is 10.2 Å². The maximum Gasteiger partial charge on any atom is 0.264 e. The molecule has 0 heterocycles. The van der Waals surface area contributed by atoms with Crippen LogP contribution in [0, 0.1) is 13.8 Å².